The highest BCUT2D eigenvalue weighted by atomic mass is 16.6. The number of likely N-dealkylation sites (tertiary alicyclic amines) is 1. The maximum absolute atomic E-state index is 11.6. The van der Waals surface area contributed by atoms with Crippen LogP contribution in [0.3, 0.4) is 0 Å². The quantitative estimate of drug-likeness (QED) is 0.754. The van der Waals surface area contributed by atoms with Crippen molar-refractivity contribution in [1.82, 2.24) is 10.2 Å². The van der Waals surface area contributed by atoms with Crippen LogP contribution >= 0.6 is 0 Å². The molecule has 6 nitrogen and oxygen atoms in total. The molecule has 0 saturated carbocycles. The Balaban J connectivity index is 2.56. The molecule has 0 unspecified atom stereocenters. The predicted octanol–water partition coefficient (Wildman–Crippen LogP) is 2.04. The Bertz CT molecular complexity index is 325. The van der Waals surface area contributed by atoms with Crippen LogP contribution in [0.2, 0.25) is 0 Å². The maximum atomic E-state index is 11.6. The van der Waals surface area contributed by atoms with Gasteiger partial charge in [0.2, 0.25) is 0 Å². The lowest BCUT2D eigenvalue weighted by Gasteiger charge is -2.38. The Kier molecular flexibility index (Phi) is 4.43. The Morgan fingerprint density at radius 1 is 1.39 bits per heavy atom. The summed E-state index contributed by atoms with van der Waals surface area (Å²) >= 11 is 0. The second-order valence-corrected chi connectivity index (χ2v) is 5.61. The molecule has 0 aromatic heterocycles. The molecule has 1 aliphatic heterocycles. The summed E-state index contributed by atoms with van der Waals surface area (Å²) in [6.07, 6.45) is 0.0752. The summed E-state index contributed by atoms with van der Waals surface area (Å²) < 4.78 is 5.17. The van der Waals surface area contributed by atoms with E-state index in [2.05, 4.69) is 5.32 Å². The van der Waals surface area contributed by atoms with Crippen molar-refractivity contribution in [2.24, 2.45) is 0 Å². The summed E-state index contributed by atoms with van der Waals surface area (Å²) in [7, 11) is 0. The van der Waals surface area contributed by atoms with Gasteiger partial charge >= 0.3 is 12.2 Å². The van der Waals surface area contributed by atoms with Crippen molar-refractivity contribution < 1.29 is 19.4 Å². The normalized spacial score (nSPS) is 24.6. The maximum Gasteiger partial charge on any atom is 0.407 e. The minimum atomic E-state index is -0.946. The molecular weight excluding hydrogens is 236 g/mol. The van der Waals surface area contributed by atoms with Crippen LogP contribution in [0.5, 0.6) is 0 Å². The molecule has 104 valence electrons. The van der Waals surface area contributed by atoms with Crippen LogP contribution in [0, 0.1) is 0 Å². The van der Waals surface area contributed by atoms with Gasteiger partial charge in [0.15, 0.2) is 0 Å². The zero-order valence-corrected chi connectivity index (χ0v) is 11.4. The molecule has 0 aromatic carbocycles. The van der Waals surface area contributed by atoms with Gasteiger partial charge in [-0.1, -0.05) is 0 Å². The topological polar surface area (TPSA) is 78.9 Å². The van der Waals surface area contributed by atoms with Crippen LogP contribution in [0.4, 0.5) is 9.59 Å². The van der Waals surface area contributed by atoms with Gasteiger partial charge in [-0.2, -0.15) is 0 Å². The first-order chi connectivity index (χ1) is 8.20. The first-order valence-electron chi connectivity index (χ1n) is 6.20. The van der Waals surface area contributed by atoms with E-state index >= 15 is 0 Å². The van der Waals surface area contributed by atoms with Gasteiger partial charge in [0.05, 0.1) is 12.1 Å². The minimum absolute atomic E-state index is 0.190. The van der Waals surface area contributed by atoms with Crippen LogP contribution in [0.1, 0.15) is 40.5 Å². The van der Waals surface area contributed by atoms with E-state index < -0.39 is 17.8 Å². The van der Waals surface area contributed by atoms with Crippen molar-refractivity contribution in [2.75, 3.05) is 6.54 Å². The molecule has 18 heavy (non-hydrogen) atoms. The molecule has 6 heteroatoms. The minimum Gasteiger partial charge on any atom is -0.465 e. The molecule has 0 bridgehead atoms. The smallest absolute Gasteiger partial charge is 0.407 e. The molecule has 2 atom stereocenters. The van der Waals surface area contributed by atoms with E-state index in [9.17, 15) is 9.59 Å². The molecule has 0 radical (unpaired) electrons. The van der Waals surface area contributed by atoms with Crippen molar-refractivity contribution in [2.45, 2.75) is 58.2 Å². The van der Waals surface area contributed by atoms with Gasteiger partial charge in [-0.15, -0.1) is 0 Å². The van der Waals surface area contributed by atoms with Crippen LogP contribution in [-0.2, 0) is 4.74 Å². The number of ether oxygens (including phenoxy) is 1. The fourth-order valence-electron chi connectivity index (χ4n) is 2.07. The van der Waals surface area contributed by atoms with Crippen molar-refractivity contribution in [1.29, 1.82) is 0 Å². The van der Waals surface area contributed by atoms with Crippen LogP contribution in [0.25, 0.3) is 0 Å². The lowest BCUT2D eigenvalue weighted by molar-refractivity contribution is 0.0420. The highest BCUT2D eigenvalue weighted by molar-refractivity contribution is 5.69. The van der Waals surface area contributed by atoms with Gasteiger partial charge in [-0.3, -0.25) is 0 Å². The number of alkyl carbamates (subject to hydrolysis) is 1. The third-order valence-electron chi connectivity index (χ3n) is 2.94. The van der Waals surface area contributed by atoms with Gasteiger partial charge in [-0.05, 0) is 40.5 Å². The highest BCUT2D eigenvalue weighted by Gasteiger charge is 2.32. The van der Waals surface area contributed by atoms with E-state index in [0.29, 0.717) is 6.54 Å². The van der Waals surface area contributed by atoms with Gasteiger partial charge in [0.25, 0.3) is 0 Å². The Morgan fingerprint density at radius 2 is 2.00 bits per heavy atom. The monoisotopic (exact) mass is 258 g/mol. The fourth-order valence-corrected chi connectivity index (χ4v) is 2.07. The number of rotatable bonds is 1. The highest BCUT2D eigenvalue weighted by Crippen LogP contribution is 2.18. The number of amides is 2. The van der Waals surface area contributed by atoms with E-state index in [1.54, 1.807) is 27.7 Å². The zero-order valence-electron chi connectivity index (χ0n) is 11.4. The van der Waals surface area contributed by atoms with Gasteiger partial charge in [-0.25, -0.2) is 9.59 Å². The molecule has 1 heterocycles. The number of carbonyl (C=O) groups excluding carboxylic acids is 1. The third-order valence-corrected chi connectivity index (χ3v) is 2.94. The Morgan fingerprint density at radius 3 is 2.50 bits per heavy atom. The van der Waals surface area contributed by atoms with Crippen molar-refractivity contribution in [3.63, 3.8) is 0 Å². The molecule has 1 saturated heterocycles. The average molecular weight is 258 g/mol. The van der Waals surface area contributed by atoms with Gasteiger partial charge in [0, 0.05) is 6.54 Å². The van der Waals surface area contributed by atoms with Gasteiger partial charge in [0.1, 0.15) is 5.60 Å². The van der Waals surface area contributed by atoms with Crippen molar-refractivity contribution >= 4 is 12.2 Å². The zero-order chi connectivity index (χ0) is 13.9. The lowest BCUT2D eigenvalue weighted by atomic mass is 9.98. The number of hydrogen-bond donors (Lipinski definition) is 2. The molecular formula is C12H22N2O4. The Labute approximate surface area is 107 Å². The van der Waals surface area contributed by atoms with Gasteiger partial charge < -0.3 is 20.1 Å². The standard InChI is InChI=1S/C12H22N2O4/c1-8-9(6-5-7-14(8)11(16)17)13-10(15)18-12(2,3)4/h8-9H,5-7H2,1-4H3,(H,13,15)(H,16,17)/t8-,9-/m1/s1. The molecule has 1 rings (SSSR count). The fraction of sp³-hybridized carbons (Fsp3) is 0.833. The van der Waals surface area contributed by atoms with Crippen LogP contribution in [0.15, 0.2) is 0 Å². The van der Waals surface area contributed by atoms with Crippen molar-refractivity contribution in [3.8, 4) is 0 Å². The van der Waals surface area contributed by atoms with E-state index in [1.165, 1.54) is 4.90 Å². The summed E-state index contributed by atoms with van der Waals surface area (Å²) in [4.78, 5) is 24.0. The number of nitrogens with one attached hydrogen (secondary N) is 1. The molecule has 0 spiro atoms. The number of piperidine rings is 1. The van der Waals surface area contributed by atoms with E-state index in [4.69, 9.17) is 9.84 Å². The second kappa shape index (κ2) is 5.46. The lowest BCUT2D eigenvalue weighted by Crippen LogP contribution is -2.55. The van der Waals surface area contributed by atoms with Crippen LogP contribution < -0.4 is 5.32 Å². The molecule has 0 aromatic rings. The van der Waals surface area contributed by atoms with E-state index in [0.717, 1.165) is 12.8 Å². The summed E-state index contributed by atoms with van der Waals surface area (Å²) in [5.41, 5.74) is -0.547. The second-order valence-electron chi connectivity index (χ2n) is 5.61. The molecule has 1 aliphatic rings. The number of nitrogens with zero attached hydrogens (tertiary/aromatic N) is 1. The molecule has 2 amide bonds. The Hall–Kier alpha value is -1.46. The third kappa shape index (κ3) is 4.09. The first-order valence-corrected chi connectivity index (χ1v) is 6.20. The largest absolute Gasteiger partial charge is 0.465 e. The van der Waals surface area contributed by atoms with E-state index in [1.807, 2.05) is 0 Å². The summed E-state index contributed by atoms with van der Waals surface area (Å²) in [5, 5.41) is 11.8. The average Bonchev–Trinajstić information content (AvgIpc) is 2.17. The molecule has 0 aliphatic carbocycles. The first kappa shape index (κ1) is 14.6. The van der Waals surface area contributed by atoms with Crippen molar-refractivity contribution in [3.05, 3.63) is 0 Å². The predicted molar refractivity (Wildman–Crippen MR) is 66.6 cm³/mol. The number of carbonyl (C=O) groups is 2. The van der Waals surface area contributed by atoms with E-state index in [-0.39, 0.29) is 12.1 Å². The molecule has 1 fully saturated rings. The summed E-state index contributed by atoms with van der Waals surface area (Å²) in [5.74, 6) is 0. The summed E-state index contributed by atoms with van der Waals surface area (Å²) in [6, 6.07) is -0.423. The number of hydrogen-bond acceptors (Lipinski definition) is 3. The number of carboxylic acid groups (broad SMARTS) is 1. The summed E-state index contributed by atoms with van der Waals surface area (Å²) in [6.45, 7) is 7.69. The SMILES string of the molecule is C[C@@H]1[C@H](NC(=O)OC(C)(C)C)CCCN1C(=O)O. The van der Waals surface area contributed by atoms with Crippen LogP contribution in [-0.4, -0.2) is 46.4 Å². The molecule has 2 N–H and O–H groups in total.